The fourth-order valence-electron chi connectivity index (χ4n) is 2.08. The van der Waals surface area contributed by atoms with Gasteiger partial charge in [-0.05, 0) is 12.1 Å². The van der Waals surface area contributed by atoms with Gasteiger partial charge in [-0.15, -0.1) is 0 Å². The second kappa shape index (κ2) is 5.08. The summed E-state index contributed by atoms with van der Waals surface area (Å²) < 4.78 is 5.22. The highest BCUT2D eigenvalue weighted by atomic mass is 16.5. The summed E-state index contributed by atoms with van der Waals surface area (Å²) in [6.45, 7) is 0.414. The SMILES string of the molecule is COc1ccccc1N(C)C(=O)C1CNC(=O)C1. The average Bonchev–Trinajstić information content (AvgIpc) is 2.83. The Hall–Kier alpha value is -2.04. The first-order chi connectivity index (χ1) is 8.63. The van der Waals surface area contributed by atoms with Crippen molar-refractivity contribution in [2.45, 2.75) is 6.42 Å². The fourth-order valence-corrected chi connectivity index (χ4v) is 2.08. The van der Waals surface area contributed by atoms with Crippen LogP contribution in [0.4, 0.5) is 5.69 Å². The normalized spacial score (nSPS) is 18.3. The van der Waals surface area contributed by atoms with Crippen molar-refractivity contribution in [1.29, 1.82) is 0 Å². The van der Waals surface area contributed by atoms with Crippen LogP contribution in [0.25, 0.3) is 0 Å². The van der Waals surface area contributed by atoms with Crippen molar-refractivity contribution in [3.05, 3.63) is 24.3 Å². The number of methoxy groups -OCH3 is 1. The van der Waals surface area contributed by atoms with Crippen molar-refractivity contribution >= 4 is 17.5 Å². The molecule has 0 saturated carbocycles. The van der Waals surface area contributed by atoms with Crippen LogP contribution in [0.2, 0.25) is 0 Å². The number of para-hydroxylation sites is 2. The molecule has 0 aromatic heterocycles. The lowest BCUT2D eigenvalue weighted by Gasteiger charge is -2.22. The molecule has 1 heterocycles. The lowest BCUT2D eigenvalue weighted by atomic mass is 10.1. The summed E-state index contributed by atoms with van der Waals surface area (Å²) in [5, 5.41) is 2.67. The number of nitrogens with zero attached hydrogens (tertiary/aromatic N) is 1. The van der Waals surface area contributed by atoms with Crippen molar-refractivity contribution in [2.75, 3.05) is 25.6 Å². The van der Waals surface area contributed by atoms with Gasteiger partial charge < -0.3 is 15.0 Å². The zero-order chi connectivity index (χ0) is 13.1. The molecule has 18 heavy (non-hydrogen) atoms. The van der Waals surface area contributed by atoms with Crippen molar-refractivity contribution in [3.8, 4) is 5.75 Å². The predicted molar refractivity (Wildman–Crippen MR) is 67.5 cm³/mol. The second-order valence-electron chi connectivity index (χ2n) is 4.27. The molecule has 1 aromatic carbocycles. The van der Waals surface area contributed by atoms with E-state index in [0.717, 1.165) is 0 Å². The Bertz CT molecular complexity index is 473. The third-order valence-electron chi connectivity index (χ3n) is 3.10. The molecule has 1 atom stereocenters. The maximum Gasteiger partial charge on any atom is 0.232 e. The van der Waals surface area contributed by atoms with Gasteiger partial charge in [0.05, 0.1) is 18.7 Å². The van der Waals surface area contributed by atoms with Gasteiger partial charge in [-0.3, -0.25) is 9.59 Å². The zero-order valence-corrected chi connectivity index (χ0v) is 10.5. The number of nitrogens with one attached hydrogen (secondary N) is 1. The van der Waals surface area contributed by atoms with Gasteiger partial charge in [0, 0.05) is 20.0 Å². The van der Waals surface area contributed by atoms with Crippen LogP contribution in [0.3, 0.4) is 0 Å². The molecule has 0 radical (unpaired) electrons. The van der Waals surface area contributed by atoms with E-state index in [0.29, 0.717) is 18.0 Å². The van der Waals surface area contributed by atoms with Gasteiger partial charge in [0.2, 0.25) is 11.8 Å². The molecule has 1 aliphatic heterocycles. The van der Waals surface area contributed by atoms with E-state index in [4.69, 9.17) is 4.74 Å². The van der Waals surface area contributed by atoms with E-state index < -0.39 is 0 Å². The predicted octanol–water partition coefficient (Wildman–Crippen LogP) is 0.794. The molecule has 1 aliphatic rings. The molecule has 2 amide bonds. The summed E-state index contributed by atoms with van der Waals surface area (Å²) in [7, 11) is 3.26. The third-order valence-corrected chi connectivity index (χ3v) is 3.10. The van der Waals surface area contributed by atoms with Gasteiger partial charge in [-0.2, -0.15) is 0 Å². The van der Waals surface area contributed by atoms with Crippen LogP contribution in [0, 0.1) is 5.92 Å². The Morgan fingerprint density at radius 1 is 1.44 bits per heavy atom. The monoisotopic (exact) mass is 248 g/mol. The number of hydrogen-bond acceptors (Lipinski definition) is 3. The third kappa shape index (κ3) is 2.30. The van der Waals surface area contributed by atoms with Crippen molar-refractivity contribution < 1.29 is 14.3 Å². The number of carbonyl (C=O) groups is 2. The first kappa shape index (κ1) is 12.4. The van der Waals surface area contributed by atoms with E-state index in [2.05, 4.69) is 5.32 Å². The molecular formula is C13H16N2O3. The number of benzene rings is 1. The summed E-state index contributed by atoms with van der Waals surface area (Å²) >= 11 is 0. The summed E-state index contributed by atoms with van der Waals surface area (Å²) in [6.07, 6.45) is 0.262. The minimum absolute atomic E-state index is 0.0678. The first-order valence-corrected chi connectivity index (χ1v) is 5.80. The van der Waals surface area contributed by atoms with Crippen molar-refractivity contribution in [3.63, 3.8) is 0 Å². The van der Waals surface area contributed by atoms with Crippen LogP contribution < -0.4 is 15.0 Å². The molecule has 96 valence electrons. The zero-order valence-electron chi connectivity index (χ0n) is 10.5. The van der Waals surface area contributed by atoms with Gasteiger partial charge in [0.25, 0.3) is 0 Å². The molecule has 1 saturated heterocycles. The molecule has 1 aromatic rings. The Kier molecular flexibility index (Phi) is 3.50. The number of carbonyl (C=O) groups excluding carboxylic acids is 2. The van der Waals surface area contributed by atoms with Crippen LogP contribution in [0.1, 0.15) is 6.42 Å². The molecule has 5 nitrogen and oxygen atoms in total. The Morgan fingerprint density at radius 2 is 2.17 bits per heavy atom. The van der Waals surface area contributed by atoms with Crippen LogP contribution in [0.15, 0.2) is 24.3 Å². The molecule has 1 N–H and O–H groups in total. The highest BCUT2D eigenvalue weighted by molar-refractivity contribution is 5.99. The fraction of sp³-hybridized carbons (Fsp3) is 0.385. The highest BCUT2D eigenvalue weighted by Gasteiger charge is 2.31. The van der Waals surface area contributed by atoms with Gasteiger partial charge in [0.15, 0.2) is 0 Å². The highest BCUT2D eigenvalue weighted by Crippen LogP contribution is 2.28. The largest absolute Gasteiger partial charge is 0.495 e. The van der Waals surface area contributed by atoms with Gasteiger partial charge in [-0.25, -0.2) is 0 Å². The van der Waals surface area contributed by atoms with Gasteiger partial charge in [-0.1, -0.05) is 12.1 Å². The van der Waals surface area contributed by atoms with E-state index in [9.17, 15) is 9.59 Å². The van der Waals surface area contributed by atoms with Crippen LogP contribution in [0.5, 0.6) is 5.75 Å². The minimum Gasteiger partial charge on any atom is -0.495 e. The lowest BCUT2D eigenvalue weighted by molar-refractivity contribution is -0.124. The Balaban J connectivity index is 2.17. The number of ether oxygens (including phenoxy) is 1. The van der Waals surface area contributed by atoms with Crippen molar-refractivity contribution in [1.82, 2.24) is 5.32 Å². The summed E-state index contributed by atoms with van der Waals surface area (Å²) in [6, 6.07) is 7.32. The van der Waals surface area contributed by atoms with Gasteiger partial charge >= 0.3 is 0 Å². The summed E-state index contributed by atoms with van der Waals surface area (Å²) in [5.74, 6) is 0.220. The van der Waals surface area contributed by atoms with Crippen LogP contribution in [-0.4, -0.2) is 32.5 Å². The topological polar surface area (TPSA) is 58.6 Å². The molecule has 0 aliphatic carbocycles. The van der Waals surface area contributed by atoms with Crippen LogP contribution in [-0.2, 0) is 9.59 Å². The number of rotatable bonds is 3. The second-order valence-corrected chi connectivity index (χ2v) is 4.27. The molecule has 0 bridgehead atoms. The quantitative estimate of drug-likeness (QED) is 0.860. The molecule has 2 rings (SSSR count). The lowest BCUT2D eigenvalue weighted by Crippen LogP contribution is -2.34. The standard InChI is InChI=1S/C13H16N2O3/c1-15(10-5-3-4-6-11(10)18-2)13(17)9-7-12(16)14-8-9/h3-6,9H,7-8H2,1-2H3,(H,14,16). The molecular weight excluding hydrogens is 232 g/mol. The summed E-state index contributed by atoms with van der Waals surface area (Å²) in [4.78, 5) is 24.9. The Morgan fingerprint density at radius 3 is 2.78 bits per heavy atom. The minimum atomic E-state index is -0.285. The van der Waals surface area contributed by atoms with E-state index in [-0.39, 0.29) is 24.2 Å². The molecule has 0 spiro atoms. The smallest absolute Gasteiger partial charge is 0.232 e. The van der Waals surface area contributed by atoms with E-state index in [1.165, 1.54) is 0 Å². The van der Waals surface area contributed by atoms with Crippen LogP contribution >= 0.6 is 0 Å². The maximum absolute atomic E-state index is 12.2. The molecule has 1 unspecified atom stereocenters. The number of amides is 2. The van der Waals surface area contributed by atoms with E-state index >= 15 is 0 Å². The molecule has 1 fully saturated rings. The maximum atomic E-state index is 12.2. The van der Waals surface area contributed by atoms with Gasteiger partial charge in [0.1, 0.15) is 5.75 Å². The number of anilines is 1. The first-order valence-electron chi connectivity index (χ1n) is 5.80. The number of hydrogen-bond donors (Lipinski definition) is 1. The van der Waals surface area contributed by atoms with E-state index in [1.807, 2.05) is 18.2 Å². The average molecular weight is 248 g/mol. The molecule has 5 heteroatoms. The van der Waals surface area contributed by atoms with E-state index in [1.54, 1.807) is 25.1 Å². The Labute approximate surface area is 106 Å². The van der Waals surface area contributed by atoms with Crippen molar-refractivity contribution in [2.24, 2.45) is 5.92 Å². The summed E-state index contributed by atoms with van der Waals surface area (Å²) in [5.41, 5.74) is 0.712.